The summed E-state index contributed by atoms with van der Waals surface area (Å²) in [6.07, 6.45) is 11.2. The Morgan fingerprint density at radius 3 is 2.94 bits per heavy atom. The summed E-state index contributed by atoms with van der Waals surface area (Å²) in [5.41, 5.74) is 2.52. The van der Waals surface area contributed by atoms with Crippen LogP contribution in [0, 0.1) is 12.3 Å². The van der Waals surface area contributed by atoms with Crippen molar-refractivity contribution in [2.45, 2.75) is 45.6 Å². The van der Waals surface area contributed by atoms with Gasteiger partial charge in [-0.2, -0.15) is 0 Å². The Bertz CT molecular complexity index is 365. The molecule has 92 valence electrons. The van der Waals surface area contributed by atoms with E-state index in [1.807, 2.05) is 12.3 Å². The molecule has 2 nitrogen and oxygen atoms in total. The second kappa shape index (κ2) is 7.86. The first-order valence-corrected chi connectivity index (χ1v) is 6.44. The van der Waals surface area contributed by atoms with E-state index < -0.39 is 0 Å². The van der Waals surface area contributed by atoms with Gasteiger partial charge in [-0.25, -0.2) is 0 Å². The molecule has 1 atom stereocenters. The van der Waals surface area contributed by atoms with E-state index >= 15 is 0 Å². The van der Waals surface area contributed by atoms with Crippen LogP contribution in [-0.4, -0.2) is 11.5 Å². The molecule has 1 unspecified atom stereocenters. The lowest BCUT2D eigenvalue weighted by atomic mass is 10.00. The molecule has 0 bridgehead atoms. The minimum atomic E-state index is 0.338. The number of rotatable bonds is 7. The molecule has 0 aromatic carbocycles. The van der Waals surface area contributed by atoms with Gasteiger partial charge in [0.1, 0.15) is 0 Å². The molecule has 1 aromatic rings. The fourth-order valence-electron chi connectivity index (χ4n) is 2.05. The molecule has 0 aliphatic heterocycles. The van der Waals surface area contributed by atoms with E-state index in [-0.39, 0.29) is 0 Å². The van der Waals surface area contributed by atoms with Crippen LogP contribution in [0.1, 0.15) is 50.4 Å². The number of hydrogen-bond donors (Lipinski definition) is 1. The average molecular weight is 230 g/mol. The lowest BCUT2D eigenvalue weighted by molar-refractivity contribution is 0.487. The van der Waals surface area contributed by atoms with Crippen molar-refractivity contribution in [2.75, 3.05) is 6.54 Å². The summed E-state index contributed by atoms with van der Waals surface area (Å²) in [7, 11) is 0. The quantitative estimate of drug-likeness (QED) is 0.575. The van der Waals surface area contributed by atoms with Crippen molar-refractivity contribution >= 4 is 0 Å². The fourth-order valence-corrected chi connectivity index (χ4v) is 2.05. The van der Waals surface area contributed by atoms with Gasteiger partial charge in [0.05, 0.1) is 5.69 Å². The average Bonchev–Trinajstić information content (AvgIpc) is 2.38. The summed E-state index contributed by atoms with van der Waals surface area (Å²) in [4.78, 5) is 4.53. The Morgan fingerprint density at radius 1 is 1.47 bits per heavy atom. The number of pyridine rings is 1. The zero-order valence-electron chi connectivity index (χ0n) is 10.9. The number of nitrogens with zero attached hydrogens (tertiary/aromatic N) is 1. The van der Waals surface area contributed by atoms with Gasteiger partial charge >= 0.3 is 0 Å². The van der Waals surface area contributed by atoms with E-state index in [2.05, 4.69) is 36.1 Å². The van der Waals surface area contributed by atoms with Gasteiger partial charge in [0, 0.05) is 18.7 Å². The van der Waals surface area contributed by atoms with Crippen molar-refractivity contribution in [3.8, 4) is 12.3 Å². The lowest BCUT2D eigenvalue weighted by Gasteiger charge is -2.19. The third-order valence-corrected chi connectivity index (χ3v) is 2.90. The molecule has 1 N–H and O–H groups in total. The molecule has 0 spiro atoms. The molecular weight excluding hydrogens is 208 g/mol. The predicted molar refractivity (Wildman–Crippen MR) is 72.7 cm³/mol. The Balaban J connectivity index is 2.77. The van der Waals surface area contributed by atoms with Crippen molar-refractivity contribution in [3.63, 3.8) is 0 Å². The van der Waals surface area contributed by atoms with Crippen molar-refractivity contribution < 1.29 is 0 Å². The lowest BCUT2D eigenvalue weighted by Crippen LogP contribution is -2.23. The smallest absolute Gasteiger partial charge is 0.0604 e. The van der Waals surface area contributed by atoms with Crippen molar-refractivity contribution in [1.82, 2.24) is 10.3 Å². The highest BCUT2D eigenvalue weighted by molar-refractivity contribution is 5.22. The molecule has 0 saturated heterocycles. The third kappa shape index (κ3) is 4.20. The molecule has 1 heterocycles. The normalized spacial score (nSPS) is 12.1. The molecule has 0 radical (unpaired) electrons. The van der Waals surface area contributed by atoms with E-state index in [4.69, 9.17) is 6.42 Å². The van der Waals surface area contributed by atoms with Crippen molar-refractivity contribution in [3.05, 3.63) is 29.6 Å². The van der Waals surface area contributed by atoms with Gasteiger partial charge in [-0.3, -0.25) is 4.98 Å². The summed E-state index contributed by atoms with van der Waals surface area (Å²) in [5, 5.41) is 3.50. The molecule has 1 aromatic heterocycles. The number of aromatic nitrogens is 1. The summed E-state index contributed by atoms with van der Waals surface area (Å²) in [5.74, 6) is 2.70. The first-order valence-electron chi connectivity index (χ1n) is 6.44. The Labute approximate surface area is 105 Å². The first-order chi connectivity index (χ1) is 8.33. The summed E-state index contributed by atoms with van der Waals surface area (Å²) >= 11 is 0. The van der Waals surface area contributed by atoms with Gasteiger partial charge in [0.25, 0.3) is 0 Å². The van der Waals surface area contributed by atoms with Gasteiger partial charge in [-0.15, -0.1) is 12.3 Å². The number of terminal acetylenes is 1. The molecule has 0 fully saturated rings. The van der Waals surface area contributed by atoms with Crippen LogP contribution in [0.25, 0.3) is 0 Å². The number of hydrogen-bond acceptors (Lipinski definition) is 2. The van der Waals surface area contributed by atoms with Crippen molar-refractivity contribution in [1.29, 1.82) is 0 Å². The van der Waals surface area contributed by atoms with Gasteiger partial charge < -0.3 is 5.32 Å². The second-order valence-corrected chi connectivity index (χ2v) is 4.11. The first kappa shape index (κ1) is 13.7. The van der Waals surface area contributed by atoms with Crippen LogP contribution in [0.5, 0.6) is 0 Å². The minimum absolute atomic E-state index is 0.338. The van der Waals surface area contributed by atoms with Gasteiger partial charge in [0.2, 0.25) is 0 Å². The zero-order chi connectivity index (χ0) is 12.5. The molecule has 0 aliphatic carbocycles. The predicted octanol–water partition coefficient (Wildman–Crippen LogP) is 3.10. The van der Waals surface area contributed by atoms with E-state index in [9.17, 15) is 0 Å². The topological polar surface area (TPSA) is 24.9 Å². The molecule has 0 saturated carbocycles. The van der Waals surface area contributed by atoms with Gasteiger partial charge in [-0.1, -0.05) is 19.9 Å². The number of nitrogens with one attached hydrogen (secondary N) is 1. The van der Waals surface area contributed by atoms with E-state index in [0.717, 1.165) is 32.2 Å². The molecule has 17 heavy (non-hydrogen) atoms. The second-order valence-electron chi connectivity index (χ2n) is 4.11. The largest absolute Gasteiger partial charge is 0.309 e. The Hall–Kier alpha value is -1.33. The Morgan fingerprint density at radius 2 is 2.29 bits per heavy atom. The van der Waals surface area contributed by atoms with E-state index in [1.54, 1.807) is 0 Å². The molecule has 0 aliphatic rings. The fraction of sp³-hybridized carbons (Fsp3) is 0.533. The van der Waals surface area contributed by atoms with Crippen LogP contribution in [0.15, 0.2) is 18.3 Å². The van der Waals surface area contributed by atoms with E-state index in [0.29, 0.717) is 6.04 Å². The SMILES string of the molecule is C#CCCCC(NCC)c1ncccc1CC. The molecule has 1 rings (SSSR count). The molecule has 2 heteroatoms. The molecular formula is C15H22N2. The highest BCUT2D eigenvalue weighted by Gasteiger charge is 2.14. The van der Waals surface area contributed by atoms with Crippen LogP contribution in [0.2, 0.25) is 0 Å². The van der Waals surface area contributed by atoms with Crippen LogP contribution in [0.3, 0.4) is 0 Å². The van der Waals surface area contributed by atoms with Crippen LogP contribution in [-0.2, 0) is 6.42 Å². The van der Waals surface area contributed by atoms with Crippen LogP contribution >= 0.6 is 0 Å². The number of unbranched alkanes of at least 4 members (excludes halogenated alkanes) is 1. The minimum Gasteiger partial charge on any atom is -0.309 e. The highest BCUT2D eigenvalue weighted by Crippen LogP contribution is 2.21. The Kier molecular flexibility index (Phi) is 6.35. The standard InChI is InChI=1S/C15H22N2/c1-4-7-8-11-14(16-6-3)15-13(5-2)10-9-12-17-15/h1,9-10,12,14,16H,5-8,11H2,2-3H3. The van der Waals surface area contributed by atoms with E-state index in [1.165, 1.54) is 11.3 Å². The summed E-state index contributed by atoms with van der Waals surface area (Å²) < 4.78 is 0. The van der Waals surface area contributed by atoms with Crippen molar-refractivity contribution in [2.24, 2.45) is 0 Å². The number of aryl methyl sites for hydroxylation is 1. The van der Waals surface area contributed by atoms with Crippen LogP contribution in [0.4, 0.5) is 0 Å². The maximum Gasteiger partial charge on any atom is 0.0604 e. The maximum absolute atomic E-state index is 5.30. The zero-order valence-corrected chi connectivity index (χ0v) is 10.9. The third-order valence-electron chi connectivity index (χ3n) is 2.90. The van der Waals surface area contributed by atoms with Gasteiger partial charge in [0.15, 0.2) is 0 Å². The summed E-state index contributed by atoms with van der Waals surface area (Å²) in [6.45, 7) is 5.26. The highest BCUT2D eigenvalue weighted by atomic mass is 14.9. The maximum atomic E-state index is 5.30. The molecule has 0 amide bonds. The summed E-state index contributed by atoms with van der Waals surface area (Å²) in [6, 6.07) is 4.50. The van der Waals surface area contributed by atoms with Crippen LogP contribution < -0.4 is 5.32 Å². The monoisotopic (exact) mass is 230 g/mol. The van der Waals surface area contributed by atoms with Gasteiger partial charge in [-0.05, 0) is 37.4 Å².